The Kier molecular flexibility index (Phi) is 5.59. The summed E-state index contributed by atoms with van der Waals surface area (Å²) in [7, 11) is 0. The average Bonchev–Trinajstić information content (AvgIpc) is 3.18. The molecular formula is C17H18ClF3N2O. The minimum absolute atomic E-state index is 0.0352. The lowest BCUT2D eigenvalue weighted by Gasteiger charge is -2.08. The Morgan fingerprint density at radius 3 is 2.54 bits per heavy atom. The predicted octanol–water partition coefficient (Wildman–Crippen LogP) is 5.18. The number of hydrogen-bond acceptors (Lipinski definition) is 3. The van der Waals surface area contributed by atoms with E-state index < -0.39 is 17.7 Å². The summed E-state index contributed by atoms with van der Waals surface area (Å²) in [6.07, 6.45) is 1.29. The molecule has 1 aliphatic rings. The van der Waals surface area contributed by atoms with Crippen LogP contribution in [0.1, 0.15) is 20.3 Å². The molecule has 0 bridgehead atoms. The number of halogens is 4. The second-order valence-electron chi connectivity index (χ2n) is 5.21. The molecular weight excluding hydrogens is 341 g/mol. The van der Waals surface area contributed by atoms with Gasteiger partial charge in [0.15, 0.2) is 0 Å². The molecule has 0 radical (unpaired) electrons. The Bertz CT molecular complexity index is 708. The predicted molar refractivity (Wildman–Crippen MR) is 89.0 cm³/mol. The first-order chi connectivity index (χ1) is 11.4. The average molecular weight is 359 g/mol. The van der Waals surface area contributed by atoms with Crippen molar-refractivity contribution in [3.8, 4) is 17.0 Å². The number of pyridine rings is 1. The number of benzene rings is 1. The van der Waals surface area contributed by atoms with E-state index in [1.165, 1.54) is 24.4 Å². The number of nitrogen functional groups attached to an aromatic ring is 1. The Labute approximate surface area is 143 Å². The lowest BCUT2D eigenvalue weighted by molar-refractivity contribution is 0.0849. The van der Waals surface area contributed by atoms with Crippen LogP contribution in [0.15, 0.2) is 30.5 Å². The highest BCUT2D eigenvalue weighted by atomic mass is 35.5. The smallest absolute Gasteiger partial charge is 0.255 e. The van der Waals surface area contributed by atoms with Gasteiger partial charge in [-0.25, -0.2) is 18.2 Å². The van der Waals surface area contributed by atoms with E-state index in [0.29, 0.717) is 16.1 Å². The number of anilines is 1. The minimum atomic E-state index is -2.62. The Morgan fingerprint density at radius 2 is 2.00 bits per heavy atom. The first kappa shape index (κ1) is 18.4. The third-order valence-electron chi connectivity index (χ3n) is 3.52. The third-order valence-corrected chi connectivity index (χ3v) is 3.83. The third kappa shape index (κ3) is 4.12. The highest BCUT2D eigenvalue weighted by molar-refractivity contribution is 6.33. The molecule has 1 aromatic heterocycles. The number of aromatic nitrogens is 1. The van der Waals surface area contributed by atoms with Crippen molar-refractivity contribution in [3.63, 3.8) is 0 Å². The van der Waals surface area contributed by atoms with E-state index in [1.807, 2.05) is 13.8 Å². The van der Waals surface area contributed by atoms with E-state index in [2.05, 4.69) is 4.98 Å². The largest absolute Gasteiger partial charge is 0.477 e. The summed E-state index contributed by atoms with van der Waals surface area (Å²) in [4.78, 5) is 4.02. The van der Waals surface area contributed by atoms with E-state index in [-0.39, 0.29) is 24.6 Å². The van der Waals surface area contributed by atoms with Crippen molar-refractivity contribution in [2.75, 3.05) is 12.3 Å². The van der Waals surface area contributed by atoms with Gasteiger partial charge in [0.2, 0.25) is 5.88 Å². The van der Waals surface area contributed by atoms with Crippen molar-refractivity contribution < 1.29 is 17.9 Å². The van der Waals surface area contributed by atoms with Crippen LogP contribution in [-0.2, 0) is 0 Å². The zero-order valence-electron chi connectivity index (χ0n) is 13.3. The fourth-order valence-corrected chi connectivity index (χ4v) is 2.33. The first-order valence-corrected chi connectivity index (χ1v) is 7.96. The fourth-order valence-electron chi connectivity index (χ4n) is 2.04. The van der Waals surface area contributed by atoms with Crippen molar-refractivity contribution in [2.24, 2.45) is 5.92 Å². The maximum Gasteiger partial charge on any atom is 0.255 e. The molecule has 1 aliphatic carbocycles. The summed E-state index contributed by atoms with van der Waals surface area (Å²) < 4.78 is 44.2. The Morgan fingerprint density at radius 1 is 1.33 bits per heavy atom. The van der Waals surface area contributed by atoms with Gasteiger partial charge < -0.3 is 10.5 Å². The zero-order chi connectivity index (χ0) is 17.9. The van der Waals surface area contributed by atoms with Gasteiger partial charge in [-0.15, -0.1) is 0 Å². The molecule has 7 heteroatoms. The number of nitrogens with zero attached hydrogens (tertiary/aromatic N) is 1. The van der Waals surface area contributed by atoms with Gasteiger partial charge in [-0.3, -0.25) is 0 Å². The Balaban J connectivity index is 0.00000100. The number of nitrogens with two attached hydrogens (primary N) is 1. The van der Waals surface area contributed by atoms with Crippen LogP contribution in [0, 0.1) is 11.7 Å². The lowest BCUT2D eigenvalue weighted by atomic mass is 10.1. The second kappa shape index (κ2) is 7.30. The quantitative estimate of drug-likeness (QED) is 0.766. The summed E-state index contributed by atoms with van der Waals surface area (Å²) in [5, 5.41) is 0.298. The number of hydrogen-bond donors (Lipinski definition) is 1. The first-order valence-electron chi connectivity index (χ1n) is 7.58. The van der Waals surface area contributed by atoms with Crippen molar-refractivity contribution in [3.05, 3.63) is 41.3 Å². The van der Waals surface area contributed by atoms with Gasteiger partial charge in [-0.2, -0.15) is 0 Å². The van der Waals surface area contributed by atoms with Crippen molar-refractivity contribution in [1.82, 2.24) is 4.98 Å². The van der Waals surface area contributed by atoms with E-state index in [0.717, 1.165) is 0 Å². The summed E-state index contributed by atoms with van der Waals surface area (Å²) in [5.41, 5.74) is 6.42. The highest BCUT2D eigenvalue weighted by Crippen LogP contribution is 2.48. The topological polar surface area (TPSA) is 48.1 Å². The Hall–Kier alpha value is -1.95. The van der Waals surface area contributed by atoms with E-state index >= 15 is 0 Å². The molecule has 1 heterocycles. The molecule has 1 aromatic carbocycles. The molecule has 1 unspecified atom stereocenters. The van der Waals surface area contributed by atoms with Gasteiger partial charge in [0.25, 0.3) is 5.92 Å². The van der Waals surface area contributed by atoms with E-state index in [9.17, 15) is 13.2 Å². The monoisotopic (exact) mass is 358 g/mol. The van der Waals surface area contributed by atoms with Crippen LogP contribution in [0.25, 0.3) is 11.1 Å². The SMILES string of the molecule is CC.Nc1cc(Cl)c(-c2ccc(OCC3CC3(F)F)nc2)cc1F. The molecule has 0 amide bonds. The molecule has 1 atom stereocenters. The van der Waals surface area contributed by atoms with Crippen LogP contribution in [0.2, 0.25) is 5.02 Å². The molecule has 0 aliphatic heterocycles. The van der Waals surface area contributed by atoms with E-state index in [1.54, 1.807) is 6.07 Å². The molecule has 130 valence electrons. The zero-order valence-corrected chi connectivity index (χ0v) is 14.1. The number of alkyl halides is 2. The lowest BCUT2D eigenvalue weighted by Crippen LogP contribution is -2.06. The molecule has 3 nitrogen and oxygen atoms in total. The number of ether oxygens (including phenoxy) is 1. The van der Waals surface area contributed by atoms with Crippen LogP contribution in [0.3, 0.4) is 0 Å². The molecule has 24 heavy (non-hydrogen) atoms. The van der Waals surface area contributed by atoms with Gasteiger partial charge in [-0.1, -0.05) is 25.4 Å². The highest BCUT2D eigenvalue weighted by Gasteiger charge is 2.57. The normalized spacial score (nSPS) is 17.7. The second-order valence-corrected chi connectivity index (χ2v) is 5.62. The van der Waals surface area contributed by atoms with Crippen molar-refractivity contribution in [2.45, 2.75) is 26.2 Å². The van der Waals surface area contributed by atoms with E-state index in [4.69, 9.17) is 22.1 Å². The molecule has 0 spiro atoms. The van der Waals surface area contributed by atoms with Gasteiger partial charge in [0.05, 0.1) is 23.2 Å². The van der Waals surface area contributed by atoms with Gasteiger partial charge in [0.1, 0.15) is 5.82 Å². The van der Waals surface area contributed by atoms with Crippen LogP contribution in [0.5, 0.6) is 5.88 Å². The molecule has 1 fully saturated rings. The maximum atomic E-state index is 13.5. The van der Waals surface area contributed by atoms with Crippen molar-refractivity contribution >= 4 is 17.3 Å². The summed E-state index contributed by atoms with van der Waals surface area (Å²) >= 11 is 6.03. The summed E-state index contributed by atoms with van der Waals surface area (Å²) in [6.45, 7) is 3.93. The van der Waals surface area contributed by atoms with Crippen LogP contribution in [0.4, 0.5) is 18.9 Å². The summed E-state index contributed by atoms with van der Waals surface area (Å²) in [5.74, 6) is -3.70. The maximum absolute atomic E-state index is 13.5. The van der Waals surface area contributed by atoms with Gasteiger partial charge >= 0.3 is 0 Å². The summed E-state index contributed by atoms with van der Waals surface area (Å²) in [6, 6.07) is 5.70. The molecule has 2 N–H and O–H groups in total. The molecule has 0 saturated heterocycles. The molecule has 2 aromatic rings. The van der Waals surface area contributed by atoms with Crippen LogP contribution < -0.4 is 10.5 Å². The molecule has 1 saturated carbocycles. The molecule has 3 rings (SSSR count). The van der Waals surface area contributed by atoms with Crippen LogP contribution >= 0.6 is 11.6 Å². The van der Waals surface area contributed by atoms with Crippen LogP contribution in [-0.4, -0.2) is 17.5 Å². The van der Waals surface area contributed by atoms with Gasteiger partial charge in [0, 0.05) is 29.8 Å². The number of rotatable bonds is 4. The minimum Gasteiger partial charge on any atom is -0.477 e. The van der Waals surface area contributed by atoms with Crippen molar-refractivity contribution in [1.29, 1.82) is 0 Å². The fraction of sp³-hybridized carbons (Fsp3) is 0.353. The van der Waals surface area contributed by atoms with Gasteiger partial charge in [-0.05, 0) is 18.2 Å². The standard InChI is InChI=1S/C15H12ClF3N2O.C2H6/c16-11-4-13(20)12(17)3-10(11)8-1-2-14(21-6-8)22-7-9-5-15(9,18)19;1-2/h1-4,6,9H,5,7,20H2;1-2H3.